The van der Waals surface area contributed by atoms with Gasteiger partial charge in [0.05, 0.1) is 28.8 Å². The maximum absolute atomic E-state index is 13.0. The molecule has 6 heteroatoms. The SMILES string of the molecule is CC1CCN(c2ccc(C(=O)O)cc2N2C(=O)[C@@H]3CC=CC[C@H]3C2=O)CC1. The number of nitrogens with zero attached hydrogens (tertiary/aromatic N) is 2. The number of imide groups is 1. The van der Waals surface area contributed by atoms with Crippen molar-refractivity contribution in [2.24, 2.45) is 17.8 Å². The molecule has 2 heterocycles. The highest BCUT2D eigenvalue weighted by Gasteiger charge is 2.48. The largest absolute Gasteiger partial charge is 0.478 e. The molecule has 0 radical (unpaired) electrons. The van der Waals surface area contributed by atoms with E-state index >= 15 is 0 Å². The zero-order chi connectivity index (χ0) is 19.1. The fraction of sp³-hybridized carbons (Fsp3) is 0.476. The van der Waals surface area contributed by atoms with E-state index in [1.807, 2.05) is 12.2 Å². The van der Waals surface area contributed by atoms with Crippen LogP contribution in [0.15, 0.2) is 30.4 Å². The van der Waals surface area contributed by atoms with Crippen molar-refractivity contribution < 1.29 is 19.5 Å². The van der Waals surface area contributed by atoms with E-state index in [1.54, 1.807) is 12.1 Å². The van der Waals surface area contributed by atoms with E-state index in [0.29, 0.717) is 24.4 Å². The Morgan fingerprint density at radius 1 is 1.00 bits per heavy atom. The molecular weight excluding hydrogens is 344 g/mol. The summed E-state index contributed by atoms with van der Waals surface area (Å²) >= 11 is 0. The van der Waals surface area contributed by atoms with Crippen LogP contribution in [0, 0.1) is 17.8 Å². The Balaban J connectivity index is 1.76. The Hall–Kier alpha value is -2.63. The van der Waals surface area contributed by atoms with Gasteiger partial charge in [0.25, 0.3) is 0 Å². The van der Waals surface area contributed by atoms with Crippen LogP contribution in [-0.2, 0) is 9.59 Å². The molecule has 6 nitrogen and oxygen atoms in total. The average Bonchev–Trinajstić information content (AvgIpc) is 2.93. The van der Waals surface area contributed by atoms with Crippen molar-refractivity contribution in [1.82, 2.24) is 0 Å². The number of carboxylic acid groups (broad SMARTS) is 1. The fourth-order valence-corrected chi connectivity index (χ4v) is 4.39. The Morgan fingerprint density at radius 2 is 1.59 bits per heavy atom. The Kier molecular flexibility index (Phi) is 4.50. The van der Waals surface area contributed by atoms with Crippen molar-refractivity contribution in [3.05, 3.63) is 35.9 Å². The van der Waals surface area contributed by atoms with Crippen molar-refractivity contribution in [2.75, 3.05) is 22.9 Å². The van der Waals surface area contributed by atoms with Gasteiger partial charge in [-0.25, -0.2) is 9.69 Å². The van der Waals surface area contributed by atoms with E-state index in [9.17, 15) is 19.5 Å². The molecule has 1 aliphatic carbocycles. The lowest BCUT2D eigenvalue weighted by atomic mass is 9.85. The van der Waals surface area contributed by atoms with Crippen LogP contribution in [0.3, 0.4) is 0 Å². The van der Waals surface area contributed by atoms with Gasteiger partial charge in [0.1, 0.15) is 0 Å². The van der Waals surface area contributed by atoms with Crippen LogP contribution < -0.4 is 9.80 Å². The lowest BCUT2D eigenvalue weighted by Gasteiger charge is -2.34. The van der Waals surface area contributed by atoms with Crippen LogP contribution in [0.4, 0.5) is 11.4 Å². The van der Waals surface area contributed by atoms with Crippen LogP contribution in [0.5, 0.6) is 0 Å². The second-order valence-corrected chi connectivity index (χ2v) is 7.85. The molecule has 4 rings (SSSR count). The molecule has 142 valence electrons. The first-order chi connectivity index (χ1) is 13.0. The normalized spacial score (nSPS) is 25.8. The van der Waals surface area contributed by atoms with Crippen LogP contribution >= 0.6 is 0 Å². The minimum Gasteiger partial charge on any atom is -0.478 e. The maximum Gasteiger partial charge on any atom is 0.335 e. The van der Waals surface area contributed by atoms with E-state index in [-0.39, 0.29) is 29.2 Å². The van der Waals surface area contributed by atoms with Gasteiger partial charge >= 0.3 is 5.97 Å². The zero-order valence-electron chi connectivity index (χ0n) is 15.4. The molecule has 27 heavy (non-hydrogen) atoms. The van der Waals surface area contributed by atoms with Gasteiger partial charge < -0.3 is 10.0 Å². The number of allylic oxidation sites excluding steroid dienone is 2. The molecule has 2 saturated heterocycles. The van der Waals surface area contributed by atoms with Gasteiger partial charge in [-0.1, -0.05) is 19.1 Å². The average molecular weight is 368 g/mol. The summed E-state index contributed by atoms with van der Waals surface area (Å²) in [7, 11) is 0. The molecule has 0 bridgehead atoms. The molecule has 1 N–H and O–H groups in total. The van der Waals surface area contributed by atoms with Crippen LogP contribution in [-0.4, -0.2) is 36.0 Å². The number of fused-ring (bicyclic) bond motifs is 1. The quantitative estimate of drug-likeness (QED) is 0.655. The Labute approximate surface area is 158 Å². The van der Waals surface area contributed by atoms with Crippen LogP contribution in [0.2, 0.25) is 0 Å². The molecule has 3 aliphatic rings. The van der Waals surface area contributed by atoms with Crippen molar-refractivity contribution in [1.29, 1.82) is 0 Å². The Morgan fingerprint density at radius 3 is 2.15 bits per heavy atom. The highest BCUT2D eigenvalue weighted by Crippen LogP contribution is 2.42. The van der Waals surface area contributed by atoms with Crippen molar-refractivity contribution in [3.63, 3.8) is 0 Å². The van der Waals surface area contributed by atoms with Gasteiger partial charge in [-0.2, -0.15) is 0 Å². The molecular formula is C21H24N2O4. The summed E-state index contributed by atoms with van der Waals surface area (Å²) in [5.74, 6) is -1.48. The molecule has 2 aliphatic heterocycles. The Bertz CT molecular complexity index is 797. The summed E-state index contributed by atoms with van der Waals surface area (Å²) in [6.07, 6.45) is 7.13. The highest BCUT2D eigenvalue weighted by molar-refractivity contribution is 6.23. The number of hydrogen-bond donors (Lipinski definition) is 1. The van der Waals surface area contributed by atoms with E-state index in [0.717, 1.165) is 31.6 Å². The van der Waals surface area contributed by atoms with Gasteiger partial charge in [-0.15, -0.1) is 0 Å². The second-order valence-electron chi connectivity index (χ2n) is 7.85. The minimum absolute atomic E-state index is 0.0905. The summed E-state index contributed by atoms with van der Waals surface area (Å²) in [6, 6.07) is 4.78. The van der Waals surface area contributed by atoms with Crippen molar-refractivity contribution >= 4 is 29.2 Å². The molecule has 1 aromatic carbocycles. The number of piperidine rings is 1. The molecule has 2 amide bonds. The van der Waals surface area contributed by atoms with Gasteiger partial charge in [-0.05, 0) is 49.8 Å². The molecule has 0 unspecified atom stereocenters. The third-order valence-electron chi connectivity index (χ3n) is 6.10. The predicted molar refractivity (Wildman–Crippen MR) is 102 cm³/mol. The lowest BCUT2D eigenvalue weighted by molar-refractivity contribution is -0.122. The monoisotopic (exact) mass is 368 g/mol. The summed E-state index contributed by atoms with van der Waals surface area (Å²) in [6.45, 7) is 3.90. The van der Waals surface area contributed by atoms with E-state index < -0.39 is 5.97 Å². The van der Waals surface area contributed by atoms with Gasteiger partial charge in [0, 0.05) is 13.1 Å². The highest BCUT2D eigenvalue weighted by atomic mass is 16.4. The summed E-state index contributed by atoms with van der Waals surface area (Å²) in [4.78, 5) is 41.0. The number of aromatic carboxylic acids is 1. The summed E-state index contributed by atoms with van der Waals surface area (Å²) in [5, 5.41) is 9.41. The number of carbonyl (C=O) groups excluding carboxylic acids is 2. The smallest absolute Gasteiger partial charge is 0.335 e. The van der Waals surface area contributed by atoms with E-state index in [2.05, 4.69) is 11.8 Å². The number of amides is 2. The van der Waals surface area contributed by atoms with Crippen molar-refractivity contribution in [3.8, 4) is 0 Å². The van der Waals surface area contributed by atoms with Crippen LogP contribution in [0.1, 0.15) is 43.0 Å². The number of carbonyl (C=O) groups is 3. The first kappa shape index (κ1) is 17.8. The lowest BCUT2D eigenvalue weighted by Crippen LogP contribution is -2.37. The molecule has 2 atom stereocenters. The van der Waals surface area contributed by atoms with Gasteiger partial charge in [0.2, 0.25) is 11.8 Å². The van der Waals surface area contributed by atoms with Crippen molar-refractivity contribution in [2.45, 2.75) is 32.6 Å². The zero-order valence-corrected chi connectivity index (χ0v) is 15.4. The molecule has 0 saturated carbocycles. The first-order valence-corrected chi connectivity index (χ1v) is 9.62. The molecule has 0 spiro atoms. The first-order valence-electron chi connectivity index (χ1n) is 9.62. The number of rotatable bonds is 3. The van der Waals surface area contributed by atoms with Gasteiger partial charge in [0.15, 0.2) is 0 Å². The minimum atomic E-state index is -1.06. The molecule has 2 fully saturated rings. The summed E-state index contributed by atoms with van der Waals surface area (Å²) in [5.41, 5.74) is 1.29. The number of carboxylic acids is 1. The van der Waals surface area contributed by atoms with E-state index in [4.69, 9.17) is 0 Å². The number of hydrogen-bond acceptors (Lipinski definition) is 4. The summed E-state index contributed by atoms with van der Waals surface area (Å²) < 4.78 is 0. The second kappa shape index (κ2) is 6.83. The van der Waals surface area contributed by atoms with Crippen LogP contribution in [0.25, 0.3) is 0 Å². The topological polar surface area (TPSA) is 77.9 Å². The third-order valence-corrected chi connectivity index (χ3v) is 6.10. The standard InChI is InChI=1S/C21H24N2O4/c1-13-8-10-22(11-9-13)17-7-6-14(21(26)27)12-18(17)23-19(24)15-4-2-3-5-16(15)20(23)25/h2-3,6-7,12-13,15-16H,4-5,8-11H2,1H3,(H,26,27)/t15-,16-/m1/s1. The van der Waals surface area contributed by atoms with Gasteiger partial charge in [-0.3, -0.25) is 9.59 Å². The fourth-order valence-electron chi connectivity index (χ4n) is 4.39. The van der Waals surface area contributed by atoms with E-state index in [1.165, 1.54) is 11.0 Å². The number of anilines is 2. The maximum atomic E-state index is 13.0. The third kappa shape index (κ3) is 3.03. The molecule has 1 aromatic rings. The predicted octanol–water partition coefficient (Wildman–Crippen LogP) is 3.08. The number of benzene rings is 1. The molecule has 0 aromatic heterocycles.